The van der Waals surface area contributed by atoms with Crippen molar-refractivity contribution in [3.05, 3.63) is 41.7 Å². The molecule has 2 heterocycles. The van der Waals surface area contributed by atoms with E-state index in [4.69, 9.17) is 11.6 Å². The van der Waals surface area contributed by atoms with E-state index < -0.39 is 0 Å². The van der Waals surface area contributed by atoms with Crippen molar-refractivity contribution in [1.29, 1.82) is 0 Å². The normalized spacial score (nSPS) is 11.3. The van der Waals surface area contributed by atoms with Gasteiger partial charge in [0.2, 0.25) is 0 Å². The SMILES string of the molecule is Cn1c2ccccc2c2c(Cl)nccc21. The zero-order valence-corrected chi connectivity index (χ0v) is 8.99. The summed E-state index contributed by atoms with van der Waals surface area (Å²) < 4.78 is 2.14. The van der Waals surface area contributed by atoms with Crippen LogP contribution in [0, 0.1) is 0 Å². The van der Waals surface area contributed by atoms with Gasteiger partial charge < -0.3 is 4.57 Å². The summed E-state index contributed by atoms with van der Waals surface area (Å²) in [6, 6.07) is 10.2. The summed E-state index contributed by atoms with van der Waals surface area (Å²) >= 11 is 6.12. The number of fused-ring (bicyclic) bond motifs is 3. The molecule has 3 aromatic rings. The van der Waals surface area contributed by atoms with Crippen molar-refractivity contribution in [3.63, 3.8) is 0 Å². The zero-order chi connectivity index (χ0) is 10.4. The quantitative estimate of drug-likeness (QED) is 0.527. The van der Waals surface area contributed by atoms with Crippen LogP contribution in [0.15, 0.2) is 36.5 Å². The van der Waals surface area contributed by atoms with E-state index in [2.05, 4.69) is 21.7 Å². The maximum Gasteiger partial charge on any atom is 0.138 e. The van der Waals surface area contributed by atoms with Crippen LogP contribution in [0.5, 0.6) is 0 Å². The number of hydrogen-bond acceptors (Lipinski definition) is 1. The Labute approximate surface area is 92.1 Å². The Bertz CT molecular complexity index is 655. The summed E-state index contributed by atoms with van der Waals surface area (Å²) in [4.78, 5) is 4.12. The van der Waals surface area contributed by atoms with Gasteiger partial charge in [-0.15, -0.1) is 0 Å². The van der Waals surface area contributed by atoms with Crippen LogP contribution in [0.4, 0.5) is 0 Å². The van der Waals surface area contributed by atoms with Gasteiger partial charge in [0.15, 0.2) is 0 Å². The maximum absolute atomic E-state index is 6.12. The van der Waals surface area contributed by atoms with E-state index in [0.717, 1.165) is 16.3 Å². The highest BCUT2D eigenvalue weighted by Crippen LogP contribution is 2.31. The predicted molar refractivity (Wildman–Crippen MR) is 63.2 cm³/mol. The summed E-state index contributed by atoms with van der Waals surface area (Å²) in [6.07, 6.45) is 1.74. The second kappa shape index (κ2) is 2.97. The van der Waals surface area contributed by atoms with E-state index in [-0.39, 0.29) is 0 Å². The Morgan fingerprint density at radius 2 is 1.93 bits per heavy atom. The third-order valence-corrected chi connectivity index (χ3v) is 3.07. The minimum absolute atomic E-state index is 0.573. The highest BCUT2D eigenvalue weighted by molar-refractivity contribution is 6.36. The lowest BCUT2D eigenvalue weighted by atomic mass is 10.2. The maximum atomic E-state index is 6.12. The summed E-state index contributed by atoms with van der Waals surface area (Å²) in [6.45, 7) is 0. The molecule has 1 aromatic carbocycles. The van der Waals surface area contributed by atoms with E-state index in [9.17, 15) is 0 Å². The second-order valence-electron chi connectivity index (χ2n) is 3.57. The van der Waals surface area contributed by atoms with Gasteiger partial charge in [0, 0.05) is 29.5 Å². The van der Waals surface area contributed by atoms with Crippen molar-refractivity contribution < 1.29 is 0 Å². The summed E-state index contributed by atoms with van der Waals surface area (Å²) in [5.41, 5.74) is 2.30. The highest BCUT2D eigenvalue weighted by atomic mass is 35.5. The van der Waals surface area contributed by atoms with Gasteiger partial charge in [-0.2, -0.15) is 0 Å². The highest BCUT2D eigenvalue weighted by Gasteiger charge is 2.10. The number of pyridine rings is 1. The van der Waals surface area contributed by atoms with E-state index in [1.165, 1.54) is 5.52 Å². The molecule has 74 valence electrons. The van der Waals surface area contributed by atoms with Crippen molar-refractivity contribution in [2.45, 2.75) is 0 Å². The number of benzene rings is 1. The van der Waals surface area contributed by atoms with Gasteiger partial charge in [-0.3, -0.25) is 0 Å². The summed E-state index contributed by atoms with van der Waals surface area (Å²) in [7, 11) is 2.04. The molecular weight excluding hydrogens is 208 g/mol. The van der Waals surface area contributed by atoms with Crippen LogP contribution in [0.25, 0.3) is 21.8 Å². The molecule has 15 heavy (non-hydrogen) atoms. The Balaban J connectivity index is 2.70. The fourth-order valence-corrected chi connectivity index (χ4v) is 2.32. The van der Waals surface area contributed by atoms with E-state index >= 15 is 0 Å². The first kappa shape index (κ1) is 8.74. The van der Waals surface area contributed by atoms with Crippen LogP contribution < -0.4 is 0 Å². The molecule has 0 saturated carbocycles. The number of halogens is 1. The van der Waals surface area contributed by atoms with Gasteiger partial charge in [-0.05, 0) is 12.1 Å². The van der Waals surface area contributed by atoms with Crippen LogP contribution >= 0.6 is 11.6 Å². The van der Waals surface area contributed by atoms with Gasteiger partial charge in [0.1, 0.15) is 5.15 Å². The van der Waals surface area contributed by atoms with Gasteiger partial charge in [0.25, 0.3) is 0 Å². The van der Waals surface area contributed by atoms with Crippen LogP contribution in [0.2, 0.25) is 5.15 Å². The van der Waals surface area contributed by atoms with Crippen molar-refractivity contribution in [1.82, 2.24) is 9.55 Å². The molecular formula is C12H9ClN2. The van der Waals surface area contributed by atoms with Gasteiger partial charge >= 0.3 is 0 Å². The minimum Gasteiger partial charge on any atom is -0.343 e. The minimum atomic E-state index is 0.573. The summed E-state index contributed by atoms with van der Waals surface area (Å²) in [5.74, 6) is 0. The first-order valence-electron chi connectivity index (χ1n) is 4.76. The predicted octanol–water partition coefficient (Wildman–Crippen LogP) is 3.38. The number of aryl methyl sites for hydroxylation is 1. The fraction of sp³-hybridized carbons (Fsp3) is 0.0833. The number of para-hydroxylation sites is 1. The lowest BCUT2D eigenvalue weighted by Crippen LogP contribution is -1.86. The van der Waals surface area contributed by atoms with Gasteiger partial charge in [-0.25, -0.2) is 4.98 Å². The molecule has 0 unspecified atom stereocenters. The molecule has 2 nitrogen and oxygen atoms in total. The third-order valence-electron chi connectivity index (χ3n) is 2.78. The van der Waals surface area contributed by atoms with Gasteiger partial charge in [-0.1, -0.05) is 29.8 Å². The monoisotopic (exact) mass is 216 g/mol. The van der Waals surface area contributed by atoms with Crippen LogP contribution in [-0.2, 0) is 7.05 Å². The molecule has 0 amide bonds. The number of aromatic nitrogens is 2. The molecule has 0 aliphatic rings. The summed E-state index contributed by atoms with van der Waals surface area (Å²) in [5, 5.41) is 2.77. The van der Waals surface area contributed by atoms with Crippen molar-refractivity contribution in [2.75, 3.05) is 0 Å². The van der Waals surface area contributed by atoms with Crippen LogP contribution in [0.1, 0.15) is 0 Å². The molecule has 0 fully saturated rings. The zero-order valence-electron chi connectivity index (χ0n) is 8.24. The Hall–Kier alpha value is -1.54. The Morgan fingerprint density at radius 1 is 1.13 bits per heavy atom. The number of nitrogens with zero attached hydrogens (tertiary/aromatic N) is 2. The van der Waals surface area contributed by atoms with Crippen molar-refractivity contribution >= 4 is 33.4 Å². The van der Waals surface area contributed by atoms with Crippen molar-refractivity contribution in [3.8, 4) is 0 Å². The molecule has 3 heteroatoms. The lowest BCUT2D eigenvalue weighted by Gasteiger charge is -1.96. The van der Waals surface area contributed by atoms with E-state index in [0.29, 0.717) is 5.15 Å². The smallest absolute Gasteiger partial charge is 0.138 e. The lowest BCUT2D eigenvalue weighted by molar-refractivity contribution is 1.01. The van der Waals surface area contributed by atoms with Crippen LogP contribution in [-0.4, -0.2) is 9.55 Å². The molecule has 0 aliphatic heterocycles. The Morgan fingerprint density at radius 3 is 2.80 bits per heavy atom. The molecule has 0 bridgehead atoms. The molecule has 0 N–H and O–H groups in total. The van der Waals surface area contributed by atoms with Crippen LogP contribution in [0.3, 0.4) is 0 Å². The fourth-order valence-electron chi connectivity index (χ4n) is 2.06. The standard InChI is InChI=1S/C12H9ClN2/c1-15-9-5-3-2-4-8(9)11-10(15)6-7-14-12(11)13/h2-7H,1H3. The molecule has 0 saturated heterocycles. The molecule has 0 radical (unpaired) electrons. The Kier molecular flexibility index (Phi) is 1.73. The molecule has 2 aromatic heterocycles. The number of hydrogen-bond donors (Lipinski definition) is 0. The first-order chi connectivity index (χ1) is 7.29. The average Bonchev–Trinajstić information content (AvgIpc) is 2.55. The first-order valence-corrected chi connectivity index (χ1v) is 5.14. The van der Waals surface area contributed by atoms with E-state index in [1.54, 1.807) is 6.20 Å². The largest absolute Gasteiger partial charge is 0.343 e. The second-order valence-corrected chi connectivity index (χ2v) is 3.93. The van der Waals surface area contributed by atoms with E-state index in [1.807, 2.05) is 25.2 Å². The molecule has 0 aliphatic carbocycles. The topological polar surface area (TPSA) is 17.8 Å². The third kappa shape index (κ3) is 1.08. The molecule has 0 spiro atoms. The average molecular weight is 217 g/mol. The molecule has 0 atom stereocenters. The number of rotatable bonds is 0. The van der Waals surface area contributed by atoms with Gasteiger partial charge in [0.05, 0.1) is 5.52 Å². The molecule has 3 rings (SSSR count). The van der Waals surface area contributed by atoms with Crippen molar-refractivity contribution in [2.24, 2.45) is 7.05 Å².